The minimum Gasteiger partial charge on any atom is -0.493 e. The second kappa shape index (κ2) is 14.8. The smallest absolute Gasteiger partial charge is 0.335 e. The van der Waals surface area contributed by atoms with Crippen molar-refractivity contribution < 1.29 is 23.1 Å². The Morgan fingerprint density at radius 1 is 0.857 bits per heavy atom. The number of nitrogens with one attached hydrogen (secondary N) is 1. The van der Waals surface area contributed by atoms with Crippen LogP contribution in [0.2, 0.25) is 5.02 Å². The van der Waals surface area contributed by atoms with Gasteiger partial charge in [0.2, 0.25) is 10.0 Å². The van der Waals surface area contributed by atoms with Crippen molar-refractivity contribution in [3.8, 4) is 11.8 Å². The van der Waals surface area contributed by atoms with Gasteiger partial charge >= 0.3 is 5.97 Å². The summed E-state index contributed by atoms with van der Waals surface area (Å²) in [5.41, 5.74) is 5.11. The van der Waals surface area contributed by atoms with Gasteiger partial charge in [0, 0.05) is 41.0 Å². The molecule has 0 saturated heterocycles. The van der Waals surface area contributed by atoms with E-state index in [9.17, 15) is 23.6 Å². The van der Waals surface area contributed by atoms with Crippen LogP contribution in [-0.4, -0.2) is 37.2 Å². The maximum absolute atomic E-state index is 13.4. The predicted molar refractivity (Wildman–Crippen MR) is 190 cm³/mol. The first-order chi connectivity index (χ1) is 23.8. The van der Waals surface area contributed by atoms with Crippen molar-refractivity contribution in [2.45, 2.75) is 23.8 Å². The fourth-order valence-corrected chi connectivity index (χ4v) is 7.51. The Morgan fingerprint density at radius 3 is 2.12 bits per heavy atom. The van der Waals surface area contributed by atoms with Gasteiger partial charge in [0.05, 0.1) is 28.7 Å². The Labute approximate surface area is 289 Å². The maximum atomic E-state index is 13.4. The lowest BCUT2D eigenvalue weighted by Gasteiger charge is -2.25. The van der Waals surface area contributed by atoms with Gasteiger partial charge in [-0.2, -0.15) is 5.26 Å². The zero-order chi connectivity index (χ0) is 34.4. The molecule has 6 rings (SSSR count). The number of carboxylic acids is 1. The number of benzene rings is 5. The summed E-state index contributed by atoms with van der Waals surface area (Å²) in [4.78, 5) is 11.2. The highest BCUT2D eigenvalue weighted by molar-refractivity contribution is 7.89. The number of rotatable bonds is 13. The molecule has 2 N–H and O–H groups in total. The molecule has 0 spiro atoms. The van der Waals surface area contributed by atoms with Crippen molar-refractivity contribution in [2.75, 3.05) is 13.2 Å². The van der Waals surface area contributed by atoms with Crippen molar-refractivity contribution in [2.24, 2.45) is 0 Å². The van der Waals surface area contributed by atoms with Gasteiger partial charge in [0.15, 0.2) is 0 Å². The molecular formula is C39H32ClN3O5S. The lowest BCUT2D eigenvalue weighted by molar-refractivity contribution is 0.0697. The second-order valence-corrected chi connectivity index (χ2v) is 13.5. The van der Waals surface area contributed by atoms with E-state index in [1.165, 1.54) is 24.3 Å². The van der Waals surface area contributed by atoms with Crippen LogP contribution in [0.1, 0.15) is 44.3 Å². The Balaban J connectivity index is 1.44. The third-order valence-corrected chi connectivity index (χ3v) is 10.1. The number of aromatic carboxylic acids is 1. The molecular weight excluding hydrogens is 658 g/mol. The maximum Gasteiger partial charge on any atom is 0.335 e. The quantitative estimate of drug-likeness (QED) is 0.129. The van der Waals surface area contributed by atoms with E-state index in [4.69, 9.17) is 16.3 Å². The van der Waals surface area contributed by atoms with E-state index in [0.29, 0.717) is 23.6 Å². The number of sulfonamides is 1. The topological polar surface area (TPSA) is 121 Å². The van der Waals surface area contributed by atoms with E-state index in [1.54, 1.807) is 24.3 Å². The monoisotopic (exact) mass is 689 g/mol. The number of nitriles is 1. The van der Waals surface area contributed by atoms with Crippen LogP contribution in [0.3, 0.4) is 0 Å². The number of ether oxygens (including phenoxy) is 1. The summed E-state index contributed by atoms with van der Waals surface area (Å²) in [6.07, 6.45) is 0.777. The second-order valence-electron chi connectivity index (χ2n) is 11.4. The van der Waals surface area contributed by atoms with Crippen LogP contribution in [0.15, 0.2) is 132 Å². The van der Waals surface area contributed by atoms with Crippen molar-refractivity contribution in [1.82, 2.24) is 9.29 Å². The molecule has 1 aromatic heterocycles. The van der Waals surface area contributed by atoms with Crippen LogP contribution >= 0.6 is 11.6 Å². The number of halogens is 1. The summed E-state index contributed by atoms with van der Waals surface area (Å²) < 4.78 is 37.9. The molecule has 0 atom stereocenters. The van der Waals surface area contributed by atoms with Crippen LogP contribution in [0, 0.1) is 11.3 Å². The Bertz CT molecular complexity index is 2210. The SMILES string of the molecule is N#Cc1ccccc1S(=O)(=O)NCCc1c(CCOc2ccc(C(=O)O)cc2)c2cc(Cl)ccc2n1C(c1ccccc1)c1ccccc1. The van der Waals surface area contributed by atoms with Crippen LogP contribution in [0.25, 0.3) is 10.9 Å². The van der Waals surface area contributed by atoms with Crippen LogP contribution < -0.4 is 9.46 Å². The highest BCUT2D eigenvalue weighted by atomic mass is 35.5. The van der Waals surface area contributed by atoms with Crippen molar-refractivity contribution in [1.29, 1.82) is 5.26 Å². The van der Waals surface area contributed by atoms with Crippen molar-refractivity contribution in [3.05, 3.63) is 166 Å². The molecule has 10 heteroatoms. The summed E-state index contributed by atoms with van der Waals surface area (Å²) >= 11 is 6.59. The number of hydrogen-bond acceptors (Lipinski definition) is 5. The summed E-state index contributed by atoms with van der Waals surface area (Å²) in [6.45, 7) is 0.334. The third kappa shape index (κ3) is 7.37. The highest BCUT2D eigenvalue weighted by Gasteiger charge is 2.26. The Hall–Kier alpha value is -5.40. The molecule has 5 aromatic carbocycles. The van der Waals surface area contributed by atoms with Gasteiger partial charge in [0.25, 0.3) is 0 Å². The first-order valence-corrected chi connectivity index (χ1v) is 17.5. The molecule has 0 unspecified atom stereocenters. The molecule has 0 bridgehead atoms. The molecule has 1 heterocycles. The van der Waals surface area contributed by atoms with Crippen molar-refractivity contribution >= 4 is 38.5 Å². The van der Waals surface area contributed by atoms with Gasteiger partial charge < -0.3 is 14.4 Å². The van der Waals surface area contributed by atoms with Gasteiger partial charge in [-0.25, -0.2) is 17.9 Å². The average Bonchev–Trinajstić information content (AvgIpc) is 3.40. The van der Waals surface area contributed by atoms with Gasteiger partial charge in [-0.15, -0.1) is 0 Å². The first kappa shape index (κ1) is 33.5. The molecule has 0 amide bonds. The highest BCUT2D eigenvalue weighted by Crippen LogP contribution is 2.38. The fraction of sp³-hybridized carbons (Fsp3) is 0.128. The lowest BCUT2D eigenvalue weighted by atomic mass is 9.97. The van der Waals surface area contributed by atoms with E-state index >= 15 is 0 Å². The summed E-state index contributed by atoms with van der Waals surface area (Å²) in [5, 5.41) is 20.3. The van der Waals surface area contributed by atoms with E-state index < -0.39 is 16.0 Å². The summed E-state index contributed by atoms with van der Waals surface area (Å²) in [5.74, 6) is -0.484. The number of nitrogens with zero attached hydrogens (tertiary/aromatic N) is 2. The van der Waals surface area contributed by atoms with Gasteiger partial charge in [-0.3, -0.25) is 0 Å². The third-order valence-electron chi connectivity index (χ3n) is 8.34. The van der Waals surface area contributed by atoms with Gasteiger partial charge in [0.1, 0.15) is 11.8 Å². The molecule has 8 nitrogen and oxygen atoms in total. The van der Waals surface area contributed by atoms with Crippen LogP contribution in [0.5, 0.6) is 5.75 Å². The molecule has 0 aliphatic rings. The molecule has 0 fully saturated rings. The van der Waals surface area contributed by atoms with Crippen LogP contribution in [0.4, 0.5) is 0 Å². The summed E-state index contributed by atoms with van der Waals surface area (Å²) in [7, 11) is -3.99. The zero-order valence-corrected chi connectivity index (χ0v) is 27.9. The number of hydrogen-bond donors (Lipinski definition) is 2. The van der Waals surface area contributed by atoms with Crippen molar-refractivity contribution in [3.63, 3.8) is 0 Å². The van der Waals surface area contributed by atoms with Gasteiger partial charge in [-0.05, 0) is 71.3 Å². The average molecular weight is 690 g/mol. The Morgan fingerprint density at radius 2 is 1.49 bits per heavy atom. The molecule has 0 saturated carbocycles. The number of aromatic nitrogens is 1. The fourth-order valence-electron chi connectivity index (χ4n) is 6.15. The number of fused-ring (bicyclic) bond motifs is 1. The predicted octanol–water partition coefficient (Wildman–Crippen LogP) is 7.64. The zero-order valence-electron chi connectivity index (χ0n) is 26.3. The van der Waals surface area contributed by atoms with Crippen LogP contribution in [-0.2, 0) is 22.9 Å². The normalized spacial score (nSPS) is 11.4. The minimum absolute atomic E-state index is 0.0625. The molecule has 0 aliphatic heterocycles. The van der Waals surface area contributed by atoms with E-state index in [2.05, 4.69) is 33.6 Å². The molecule has 49 heavy (non-hydrogen) atoms. The van der Waals surface area contributed by atoms with Gasteiger partial charge in [-0.1, -0.05) is 84.4 Å². The lowest BCUT2D eigenvalue weighted by Crippen LogP contribution is -2.28. The first-order valence-electron chi connectivity index (χ1n) is 15.6. The molecule has 0 aliphatic carbocycles. The molecule has 6 aromatic rings. The summed E-state index contributed by atoms with van der Waals surface area (Å²) in [6, 6.07) is 40.1. The largest absolute Gasteiger partial charge is 0.493 e. The minimum atomic E-state index is -3.99. The van der Waals surface area contributed by atoms with E-state index in [-0.39, 0.29) is 35.2 Å². The molecule has 0 radical (unpaired) electrons. The molecule has 246 valence electrons. The van der Waals surface area contributed by atoms with E-state index in [0.717, 1.165) is 33.3 Å². The van der Waals surface area contributed by atoms with E-state index in [1.807, 2.05) is 60.7 Å². The standard InChI is InChI=1S/C39H32ClN3O5S/c40-31-17-20-35-34(25-31)33(22-24-48-32-18-15-29(16-19-32)39(44)45)36(21-23-42-49(46,47)37-14-8-7-13-30(37)26-41)43(35)38(27-9-3-1-4-10-27)28-11-5-2-6-12-28/h1-20,25,38,42H,21-24H2,(H,44,45). The number of carboxylic acid groups (broad SMARTS) is 1. The Kier molecular flexibility index (Phi) is 10.1. The number of carbonyl (C=O) groups is 1.